The van der Waals surface area contributed by atoms with E-state index in [0.717, 1.165) is 0 Å². The molecule has 1 aromatic rings. The number of anilines is 1. The van der Waals surface area contributed by atoms with Gasteiger partial charge in [-0.15, -0.1) is 0 Å². The number of nitrogens with zero attached hydrogens (tertiary/aromatic N) is 2. The Bertz CT molecular complexity index is 440. The number of nitrogens with two attached hydrogens (primary N) is 1. The number of benzene rings is 1. The predicted octanol–water partition coefficient (Wildman–Crippen LogP) is 1.27. The van der Waals surface area contributed by atoms with E-state index in [0.29, 0.717) is 37.4 Å². The summed E-state index contributed by atoms with van der Waals surface area (Å²) >= 11 is 0. The average molecular weight is 247 g/mol. The van der Waals surface area contributed by atoms with E-state index >= 15 is 0 Å². The summed E-state index contributed by atoms with van der Waals surface area (Å²) in [6.45, 7) is 1.27. The molecular weight excluding hydrogens is 230 g/mol. The largest absolute Gasteiger partial charge is 0.398 e. The Morgan fingerprint density at radius 2 is 2.17 bits per heavy atom. The van der Waals surface area contributed by atoms with Crippen LogP contribution in [0.5, 0.6) is 0 Å². The van der Waals surface area contributed by atoms with E-state index in [4.69, 9.17) is 15.7 Å². The molecule has 18 heavy (non-hydrogen) atoms. The van der Waals surface area contributed by atoms with Crippen molar-refractivity contribution in [3.8, 4) is 6.07 Å². The SMILES string of the molecule is COCCN(CCC#N)C(=O)c1ccccc1N. The summed E-state index contributed by atoms with van der Waals surface area (Å²) in [6, 6.07) is 8.95. The van der Waals surface area contributed by atoms with Crippen molar-refractivity contribution in [2.75, 3.05) is 32.5 Å². The van der Waals surface area contributed by atoms with E-state index in [1.165, 1.54) is 0 Å². The van der Waals surface area contributed by atoms with Crippen LogP contribution in [0.15, 0.2) is 24.3 Å². The molecule has 5 nitrogen and oxygen atoms in total. The maximum Gasteiger partial charge on any atom is 0.256 e. The first kappa shape index (κ1) is 14.0. The van der Waals surface area contributed by atoms with Gasteiger partial charge in [-0.2, -0.15) is 5.26 Å². The fourth-order valence-electron chi connectivity index (χ4n) is 1.56. The average Bonchev–Trinajstić information content (AvgIpc) is 2.39. The van der Waals surface area contributed by atoms with Crippen LogP contribution < -0.4 is 5.73 Å². The third-order valence-electron chi connectivity index (χ3n) is 2.54. The molecule has 2 N–H and O–H groups in total. The highest BCUT2D eigenvalue weighted by Crippen LogP contribution is 2.13. The van der Waals surface area contributed by atoms with Crippen LogP contribution in [0.4, 0.5) is 5.69 Å². The summed E-state index contributed by atoms with van der Waals surface area (Å²) in [7, 11) is 1.57. The zero-order valence-corrected chi connectivity index (χ0v) is 10.4. The molecule has 0 aromatic heterocycles. The molecule has 0 atom stereocenters. The first-order valence-electron chi connectivity index (χ1n) is 5.70. The number of hydrogen-bond acceptors (Lipinski definition) is 4. The number of para-hydroxylation sites is 1. The third kappa shape index (κ3) is 3.75. The van der Waals surface area contributed by atoms with E-state index in [1.54, 1.807) is 36.3 Å². The number of amides is 1. The van der Waals surface area contributed by atoms with E-state index in [9.17, 15) is 4.79 Å². The molecule has 5 heteroatoms. The van der Waals surface area contributed by atoms with Crippen molar-refractivity contribution in [2.45, 2.75) is 6.42 Å². The lowest BCUT2D eigenvalue weighted by Crippen LogP contribution is -2.35. The van der Waals surface area contributed by atoms with Crippen LogP contribution in [-0.2, 0) is 4.74 Å². The summed E-state index contributed by atoms with van der Waals surface area (Å²) in [6.07, 6.45) is 0.294. The van der Waals surface area contributed by atoms with Gasteiger partial charge in [-0.05, 0) is 12.1 Å². The molecule has 0 fully saturated rings. The smallest absolute Gasteiger partial charge is 0.256 e. The van der Waals surface area contributed by atoms with Gasteiger partial charge in [0, 0.05) is 25.9 Å². The van der Waals surface area contributed by atoms with Gasteiger partial charge in [0.2, 0.25) is 0 Å². The zero-order valence-electron chi connectivity index (χ0n) is 10.4. The van der Waals surface area contributed by atoms with Crippen molar-refractivity contribution in [3.63, 3.8) is 0 Å². The minimum absolute atomic E-state index is 0.166. The minimum atomic E-state index is -0.166. The highest BCUT2D eigenvalue weighted by Gasteiger charge is 2.17. The van der Waals surface area contributed by atoms with Crippen LogP contribution in [0, 0.1) is 11.3 Å². The van der Waals surface area contributed by atoms with Crippen molar-refractivity contribution >= 4 is 11.6 Å². The van der Waals surface area contributed by atoms with Gasteiger partial charge in [0.25, 0.3) is 5.91 Å². The minimum Gasteiger partial charge on any atom is -0.398 e. The highest BCUT2D eigenvalue weighted by atomic mass is 16.5. The maximum absolute atomic E-state index is 12.3. The Labute approximate surface area is 107 Å². The monoisotopic (exact) mass is 247 g/mol. The van der Waals surface area contributed by atoms with Gasteiger partial charge in [-0.25, -0.2) is 0 Å². The Hall–Kier alpha value is -2.06. The Kier molecular flexibility index (Phi) is 5.68. The second-order valence-electron chi connectivity index (χ2n) is 3.78. The van der Waals surface area contributed by atoms with Gasteiger partial charge in [0.05, 0.1) is 24.7 Å². The Morgan fingerprint density at radius 1 is 1.44 bits per heavy atom. The van der Waals surface area contributed by atoms with Crippen LogP contribution in [-0.4, -0.2) is 37.6 Å². The molecule has 1 amide bonds. The van der Waals surface area contributed by atoms with Gasteiger partial charge >= 0.3 is 0 Å². The standard InChI is InChI=1S/C13H17N3O2/c1-18-10-9-16(8-4-7-14)13(17)11-5-2-3-6-12(11)15/h2-3,5-6H,4,8-10,15H2,1H3. The van der Waals surface area contributed by atoms with Crippen LogP contribution in [0.2, 0.25) is 0 Å². The molecule has 0 heterocycles. The predicted molar refractivity (Wildman–Crippen MR) is 68.9 cm³/mol. The number of methoxy groups -OCH3 is 1. The first-order valence-corrected chi connectivity index (χ1v) is 5.70. The Morgan fingerprint density at radius 3 is 2.78 bits per heavy atom. The van der Waals surface area contributed by atoms with Crippen molar-refractivity contribution in [2.24, 2.45) is 0 Å². The van der Waals surface area contributed by atoms with Gasteiger partial charge < -0.3 is 15.4 Å². The van der Waals surface area contributed by atoms with E-state index in [1.807, 2.05) is 6.07 Å². The number of ether oxygens (including phenoxy) is 1. The van der Waals surface area contributed by atoms with E-state index in [2.05, 4.69) is 0 Å². The van der Waals surface area contributed by atoms with Crippen LogP contribution in [0.1, 0.15) is 16.8 Å². The van der Waals surface area contributed by atoms with Crippen molar-refractivity contribution in [1.82, 2.24) is 4.90 Å². The molecule has 1 rings (SSSR count). The molecule has 0 aliphatic carbocycles. The zero-order chi connectivity index (χ0) is 13.4. The molecule has 0 saturated heterocycles. The molecule has 0 unspecified atom stereocenters. The number of rotatable bonds is 6. The lowest BCUT2D eigenvalue weighted by atomic mass is 10.1. The lowest BCUT2D eigenvalue weighted by Gasteiger charge is -2.21. The first-order chi connectivity index (χ1) is 8.70. The summed E-state index contributed by atoms with van der Waals surface area (Å²) in [5.41, 5.74) is 6.68. The van der Waals surface area contributed by atoms with Crippen LogP contribution in [0.3, 0.4) is 0 Å². The molecule has 0 aliphatic rings. The van der Waals surface area contributed by atoms with Gasteiger partial charge in [0.1, 0.15) is 0 Å². The second-order valence-corrected chi connectivity index (χ2v) is 3.78. The van der Waals surface area contributed by atoms with Crippen molar-refractivity contribution in [1.29, 1.82) is 5.26 Å². The summed E-state index contributed by atoms with van der Waals surface area (Å²) < 4.78 is 4.96. The number of nitrogen functional groups attached to an aromatic ring is 1. The van der Waals surface area contributed by atoms with Crippen molar-refractivity contribution < 1.29 is 9.53 Å². The topological polar surface area (TPSA) is 79.3 Å². The molecule has 0 spiro atoms. The fraction of sp³-hybridized carbons (Fsp3) is 0.385. The second kappa shape index (κ2) is 7.30. The van der Waals surface area contributed by atoms with Gasteiger partial charge in [-0.3, -0.25) is 4.79 Å². The number of hydrogen-bond donors (Lipinski definition) is 1. The molecular formula is C13H17N3O2. The highest BCUT2D eigenvalue weighted by molar-refractivity contribution is 5.99. The Balaban J connectivity index is 2.81. The number of carbonyl (C=O) groups excluding carboxylic acids is 1. The molecule has 0 bridgehead atoms. The van der Waals surface area contributed by atoms with E-state index in [-0.39, 0.29) is 5.91 Å². The van der Waals surface area contributed by atoms with Crippen LogP contribution in [0.25, 0.3) is 0 Å². The van der Waals surface area contributed by atoms with E-state index < -0.39 is 0 Å². The maximum atomic E-state index is 12.3. The molecule has 0 saturated carbocycles. The lowest BCUT2D eigenvalue weighted by molar-refractivity contribution is 0.0701. The number of carbonyl (C=O) groups is 1. The summed E-state index contributed by atoms with van der Waals surface area (Å²) in [5.74, 6) is -0.166. The summed E-state index contributed by atoms with van der Waals surface area (Å²) in [5, 5.41) is 8.60. The van der Waals surface area contributed by atoms with Gasteiger partial charge in [-0.1, -0.05) is 12.1 Å². The third-order valence-corrected chi connectivity index (χ3v) is 2.54. The van der Waals surface area contributed by atoms with Crippen LogP contribution >= 0.6 is 0 Å². The molecule has 96 valence electrons. The van der Waals surface area contributed by atoms with Gasteiger partial charge in [0.15, 0.2) is 0 Å². The van der Waals surface area contributed by atoms with Crippen molar-refractivity contribution in [3.05, 3.63) is 29.8 Å². The quantitative estimate of drug-likeness (QED) is 0.768. The normalized spacial score (nSPS) is 9.78. The molecule has 0 aliphatic heterocycles. The molecule has 1 aromatic carbocycles. The number of nitriles is 1. The fourth-order valence-corrected chi connectivity index (χ4v) is 1.56. The summed E-state index contributed by atoms with van der Waals surface area (Å²) in [4.78, 5) is 13.8. The molecule has 0 radical (unpaired) electrons.